The minimum atomic E-state index is -0.928. The summed E-state index contributed by atoms with van der Waals surface area (Å²) in [4.78, 5) is 0. The van der Waals surface area contributed by atoms with E-state index in [1.165, 1.54) is 18.9 Å². The van der Waals surface area contributed by atoms with Gasteiger partial charge in [-0.15, -0.1) is 0 Å². The second-order valence-corrected chi connectivity index (χ2v) is 8.10. The molecule has 0 rings (SSSR count). The average molecular weight is 129 g/mol. The van der Waals surface area contributed by atoms with Crippen molar-refractivity contribution in [2.24, 2.45) is 0 Å². The molecule has 0 saturated carbocycles. The van der Waals surface area contributed by atoms with Crippen molar-refractivity contribution in [1.82, 2.24) is 0 Å². The number of unbranched alkanes of at least 4 members (excludes halogenated alkanes) is 1. The van der Waals surface area contributed by atoms with Crippen molar-refractivity contribution in [1.29, 1.82) is 0 Å². The molecule has 0 fully saturated rings. The molecule has 1 radical (unpaired) electrons. The van der Waals surface area contributed by atoms with E-state index < -0.39 is 8.07 Å². The Morgan fingerprint density at radius 3 is 2.00 bits per heavy atom. The van der Waals surface area contributed by atoms with Crippen molar-refractivity contribution in [2.45, 2.75) is 38.9 Å². The normalized spacial score (nSPS) is 12.0. The maximum Gasteiger partial charge on any atom is 0.0470 e. The van der Waals surface area contributed by atoms with Gasteiger partial charge in [0.25, 0.3) is 0 Å². The van der Waals surface area contributed by atoms with Crippen LogP contribution < -0.4 is 0 Å². The first-order valence-corrected chi connectivity index (χ1v) is 6.83. The van der Waals surface area contributed by atoms with Crippen molar-refractivity contribution in [2.75, 3.05) is 0 Å². The lowest BCUT2D eigenvalue weighted by molar-refractivity contribution is 0.870. The van der Waals surface area contributed by atoms with Crippen molar-refractivity contribution >= 4 is 8.07 Å². The van der Waals surface area contributed by atoms with E-state index in [0.29, 0.717) is 0 Å². The quantitative estimate of drug-likeness (QED) is 0.514. The van der Waals surface area contributed by atoms with Gasteiger partial charge in [0.2, 0.25) is 0 Å². The van der Waals surface area contributed by atoms with Crippen LogP contribution in [0.5, 0.6) is 0 Å². The van der Waals surface area contributed by atoms with Crippen LogP contribution in [0, 0.1) is 6.55 Å². The molecular weight excluding hydrogens is 112 g/mol. The molecule has 0 nitrogen and oxygen atoms in total. The summed E-state index contributed by atoms with van der Waals surface area (Å²) in [7, 11) is -0.928. The Hall–Kier alpha value is 0.217. The average Bonchev–Trinajstić information content (AvgIpc) is 1.59. The van der Waals surface area contributed by atoms with Gasteiger partial charge in [0.1, 0.15) is 0 Å². The minimum Gasteiger partial charge on any atom is -0.0694 e. The standard InChI is InChI=1S/C7H17Si/c1-5-6-7-8(2,3)4/h2,5-7H2,1,3-4H3. The van der Waals surface area contributed by atoms with Gasteiger partial charge in [-0.05, 0) is 0 Å². The van der Waals surface area contributed by atoms with Crippen LogP contribution in [0.15, 0.2) is 0 Å². The van der Waals surface area contributed by atoms with E-state index in [1.807, 2.05) is 0 Å². The van der Waals surface area contributed by atoms with E-state index in [1.54, 1.807) is 0 Å². The van der Waals surface area contributed by atoms with Crippen molar-refractivity contribution in [3.8, 4) is 0 Å². The second-order valence-electron chi connectivity index (χ2n) is 3.27. The lowest BCUT2D eigenvalue weighted by atomic mass is 10.4. The molecule has 0 atom stereocenters. The van der Waals surface area contributed by atoms with Crippen LogP contribution in [0.25, 0.3) is 0 Å². The van der Waals surface area contributed by atoms with Gasteiger partial charge in [0.05, 0.1) is 0 Å². The van der Waals surface area contributed by atoms with Gasteiger partial charge >= 0.3 is 0 Å². The minimum absolute atomic E-state index is 0.928. The van der Waals surface area contributed by atoms with Crippen LogP contribution >= 0.6 is 0 Å². The Kier molecular flexibility index (Phi) is 3.37. The predicted molar refractivity (Wildman–Crippen MR) is 42.6 cm³/mol. The molecule has 0 unspecified atom stereocenters. The third kappa shape index (κ3) is 6.22. The third-order valence-corrected chi connectivity index (χ3v) is 2.91. The first-order chi connectivity index (χ1) is 3.56. The van der Waals surface area contributed by atoms with Crippen molar-refractivity contribution in [3.63, 3.8) is 0 Å². The molecule has 0 spiro atoms. The molecule has 0 aromatic heterocycles. The van der Waals surface area contributed by atoms with E-state index in [0.717, 1.165) is 0 Å². The third-order valence-electron chi connectivity index (χ3n) is 1.21. The Labute approximate surface area is 54.3 Å². The highest BCUT2D eigenvalue weighted by atomic mass is 28.3. The van der Waals surface area contributed by atoms with Crippen LogP contribution in [-0.4, -0.2) is 8.07 Å². The second kappa shape index (κ2) is 3.28. The van der Waals surface area contributed by atoms with Crippen LogP contribution in [-0.2, 0) is 0 Å². The molecule has 0 aliphatic heterocycles. The van der Waals surface area contributed by atoms with Crippen LogP contribution in [0.4, 0.5) is 0 Å². The summed E-state index contributed by atoms with van der Waals surface area (Å²) in [6, 6.07) is 1.39. The summed E-state index contributed by atoms with van der Waals surface area (Å²) in [6.07, 6.45) is 2.70. The molecule has 0 aromatic rings. The maximum atomic E-state index is 4.15. The van der Waals surface area contributed by atoms with Crippen LogP contribution in [0.1, 0.15) is 19.8 Å². The smallest absolute Gasteiger partial charge is 0.0470 e. The van der Waals surface area contributed by atoms with Crippen molar-refractivity contribution < 1.29 is 0 Å². The fourth-order valence-corrected chi connectivity index (χ4v) is 1.97. The topological polar surface area (TPSA) is 0 Å². The lowest BCUT2D eigenvalue weighted by Crippen LogP contribution is -2.19. The molecule has 0 aliphatic rings. The Balaban J connectivity index is 3.11. The highest BCUT2D eigenvalue weighted by Crippen LogP contribution is 2.10. The summed E-state index contributed by atoms with van der Waals surface area (Å²) in [5.41, 5.74) is 0. The summed E-state index contributed by atoms with van der Waals surface area (Å²) in [5.74, 6) is 0. The lowest BCUT2D eigenvalue weighted by Gasteiger charge is -2.13. The summed E-state index contributed by atoms with van der Waals surface area (Å²) < 4.78 is 0. The van der Waals surface area contributed by atoms with E-state index in [9.17, 15) is 0 Å². The fourth-order valence-electron chi connectivity index (χ4n) is 0.655. The van der Waals surface area contributed by atoms with Gasteiger partial charge < -0.3 is 0 Å². The van der Waals surface area contributed by atoms with Gasteiger partial charge in [-0.2, -0.15) is 0 Å². The zero-order valence-electron chi connectivity index (χ0n) is 6.33. The molecule has 0 heterocycles. The zero-order valence-corrected chi connectivity index (χ0v) is 7.33. The molecular formula is C7H17Si. The van der Waals surface area contributed by atoms with Gasteiger partial charge in [-0.25, -0.2) is 0 Å². The first-order valence-electron chi connectivity index (χ1n) is 3.41. The SMILES string of the molecule is [CH2][Si](C)(C)CCCC. The molecule has 0 N–H and O–H groups in total. The molecule has 0 bridgehead atoms. The summed E-state index contributed by atoms with van der Waals surface area (Å²) >= 11 is 0. The van der Waals surface area contributed by atoms with Gasteiger partial charge in [0.15, 0.2) is 0 Å². The molecule has 0 saturated heterocycles. The van der Waals surface area contributed by atoms with E-state index >= 15 is 0 Å². The molecule has 1 heteroatoms. The van der Waals surface area contributed by atoms with E-state index in [4.69, 9.17) is 0 Å². The maximum absolute atomic E-state index is 4.15. The number of hydrogen-bond acceptors (Lipinski definition) is 0. The zero-order chi connectivity index (χ0) is 6.62. The molecule has 49 valence electrons. The largest absolute Gasteiger partial charge is 0.0694 e. The highest BCUT2D eigenvalue weighted by molar-refractivity contribution is 6.79. The molecule has 0 aromatic carbocycles. The Bertz CT molecular complexity index is 51.9. The van der Waals surface area contributed by atoms with E-state index in [2.05, 4.69) is 26.6 Å². The molecule has 0 amide bonds. The van der Waals surface area contributed by atoms with Crippen LogP contribution in [0.3, 0.4) is 0 Å². The summed E-state index contributed by atoms with van der Waals surface area (Å²) in [5, 5.41) is 0. The monoisotopic (exact) mass is 129 g/mol. The molecule has 8 heavy (non-hydrogen) atoms. The van der Waals surface area contributed by atoms with Crippen LogP contribution in [0.2, 0.25) is 19.1 Å². The number of hydrogen-bond donors (Lipinski definition) is 0. The number of rotatable bonds is 3. The van der Waals surface area contributed by atoms with E-state index in [-0.39, 0.29) is 0 Å². The highest BCUT2D eigenvalue weighted by Gasteiger charge is 2.10. The van der Waals surface area contributed by atoms with Gasteiger partial charge in [-0.3, -0.25) is 0 Å². The van der Waals surface area contributed by atoms with Gasteiger partial charge in [-0.1, -0.05) is 45.5 Å². The Morgan fingerprint density at radius 1 is 1.38 bits per heavy atom. The fraction of sp³-hybridized carbons (Fsp3) is 0.857. The van der Waals surface area contributed by atoms with Crippen molar-refractivity contribution in [3.05, 3.63) is 6.55 Å². The predicted octanol–water partition coefficient (Wildman–Crippen LogP) is 2.87. The first kappa shape index (κ1) is 8.22. The summed E-state index contributed by atoms with van der Waals surface area (Å²) in [6.45, 7) is 11.0. The Morgan fingerprint density at radius 2 is 1.88 bits per heavy atom. The van der Waals surface area contributed by atoms with Gasteiger partial charge in [0, 0.05) is 8.07 Å². The molecule has 0 aliphatic carbocycles.